The number of benzene rings is 1. The Kier molecular flexibility index (Phi) is 2.70. The van der Waals surface area contributed by atoms with E-state index in [9.17, 15) is 0 Å². The average Bonchev–Trinajstić information content (AvgIpc) is 2.29. The molecule has 0 aliphatic carbocycles. The van der Waals surface area contributed by atoms with E-state index in [1.807, 2.05) is 30.3 Å². The van der Waals surface area contributed by atoms with Crippen LogP contribution >= 0.6 is 0 Å². The first-order valence-electron chi connectivity index (χ1n) is 4.71. The topological polar surface area (TPSA) is 77.8 Å². The van der Waals surface area contributed by atoms with E-state index in [4.69, 9.17) is 11.5 Å². The van der Waals surface area contributed by atoms with Crippen LogP contribution in [-0.2, 0) is 0 Å². The van der Waals surface area contributed by atoms with E-state index in [2.05, 4.69) is 21.8 Å². The van der Waals surface area contributed by atoms with Crippen LogP contribution in [0, 0.1) is 11.8 Å². The lowest BCUT2D eigenvalue weighted by Crippen LogP contribution is -2.01. The van der Waals surface area contributed by atoms with Crippen LogP contribution in [0.2, 0.25) is 0 Å². The number of aromatic nitrogens is 2. The third-order valence-corrected chi connectivity index (χ3v) is 1.95. The van der Waals surface area contributed by atoms with Gasteiger partial charge in [0, 0.05) is 5.56 Å². The van der Waals surface area contributed by atoms with Gasteiger partial charge in [-0.05, 0) is 12.1 Å². The predicted molar refractivity (Wildman–Crippen MR) is 63.3 cm³/mol. The Labute approximate surface area is 93.3 Å². The zero-order valence-corrected chi connectivity index (χ0v) is 8.51. The van der Waals surface area contributed by atoms with Gasteiger partial charge >= 0.3 is 0 Å². The third-order valence-electron chi connectivity index (χ3n) is 1.95. The molecule has 0 bridgehead atoms. The zero-order chi connectivity index (χ0) is 11.4. The van der Waals surface area contributed by atoms with Crippen molar-refractivity contribution in [2.45, 2.75) is 0 Å². The van der Waals surface area contributed by atoms with Crippen molar-refractivity contribution in [1.29, 1.82) is 0 Å². The second kappa shape index (κ2) is 4.32. The van der Waals surface area contributed by atoms with Gasteiger partial charge < -0.3 is 11.5 Å². The summed E-state index contributed by atoms with van der Waals surface area (Å²) in [5, 5.41) is 0. The van der Waals surface area contributed by atoms with Gasteiger partial charge in [-0.15, -0.1) is 0 Å². The molecule has 4 N–H and O–H groups in total. The van der Waals surface area contributed by atoms with Gasteiger partial charge in [0.05, 0.1) is 11.8 Å². The molecule has 0 aliphatic heterocycles. The molecule has 0 radical (unpaired) electrons. The van der Waals surface area contributed by atoms with Gasteiger partial charge in [0.15, 0.2) is 0 Å². The van der Waals surface area contributed by atoms with Crippen molar-refractivity contribution in [3.63, 3.8) is 0 Å². The molecule has 0 amide bonds. The Hall–Kier alpha value is -2.54. The molecule has 78 valence electrons. The maximum Gasteiger partial charge on any atom is 0.221 e. The van der Waals surface area contributed by atoms with Crippen molar-refractivity contribution < 1.29 is 0 Å². The highest BCUT2D eigenvalue weighted by molar-refractivity contribution is 5.53. The van der Waals surface area contributed by atoms with Gasteiger partial charge in [-0.3, -0.25) is 0 Å². The quantitative estimate of drug-likeness (QED) is 0.637. The van der Waals surface area contributed by atoms with Crippen molar-refractivity contribution in [3.8, 4) is 11.8 Å². The minimum absolute atomic E-state index is 0.155. The van der Waals surface area contributed by atoms with Crippen LogP contribution in [-0.4, -0.2) is 9.97 Å². The summed E-state index contributed by atoms with van der Waals surface area (Å²) in [6, 6.07) is 9.62. The normalized spacial score (nSPS) is 9.25. The van der Waals surface area contributed by atoms with Gasteiger partial charge in [-0.2, -0.15) is 4.98 Å². The lowest BCUT2D eigenvalue weighted by molar-refractivity contribution is 1.18. The molecule has 0 atom stereocenters. The molecule has 1 heterocycles. The maximum atomic E-state index is 5.65. The number of nitrogens with zero attached hydrogens (tertiary/aromatic N) is 2. The Morgan fingerprint density at radius 1 is 1.00 bits per heavy atom. The number of hydrogen-bond donors (Lipinski definition) is 2. The molecule has 2 rings (SSSR count). The number of anilines is 2. The average molecular weight is 210 g/mol. The molecule has 0 saturated carbocycles. The van der Waals surface area contributed by atoms with Crippen molar-refractivity contribution in [3.05, 3.63) is 47.7 Å². The van der Waals surface area contributed by atoms with Crippen LogP contribution in [0.1, 0.15) is 11.1 Å². The van der Waals surface area contributed by atoms with Gasteiger partial charge in [-0.1, -0.05) is 30.0 Å². The summed E-state index contributed by atoms with van der Waals surface area (Å²) in [7, 11) is 0. The molecule has 0 unspecified atom stereocenters. The highest BCUT2D eigenvalue weighted by Gasteiger charge is 1.97. The highest BCUT2D eigenvalue weighted by Crippen LogP contribution is 2.06. The fraction of sp³-hybridized carbons (Fsp3) is 0. The highest BCUT2D eigenvalue weighted by atomic mass is 15.0. The van der Waals surface area contributed by atoms with Crippen LogP contribution in [0.4, 0.5) is 11.8 Å². The second-order valence-corrected chi connectivity index (χ2v) is 3.14. The minimum Gasteiger partial charge on any atom is -0.382 e. The van der Waals surface area contributed by atoms with Gasteiger partial charge in [0.25, 0.3) is 0 Å². The lowest BCUT2D eigenvalue weighted by atomic mass is 10.2. The van der Waals surface area contributed by atoms with E-state index < -0.39 is 0 Å². The molecule has 16 heavy (non-hydrogen) atoms. The molecule has 1 aromatic heterocycles. The number of nitrogen functional groups attached to an aromatic ring is 2. The van der Waals surface area contributed by atoms with Gasteiger partial charge in [0.2, 0.25) is 5.95 Å². The first kappa shape index (κ1) is 9.99. The predicted octanol–water partition coefficient (Wildman–Crippen LogP) is 1.04. The molecule has 0 aliphatic rings. The fourth-order valence-corrected chi connectivity index (χ4v) is 1.17. The fourth-order valence-electron chi connectivity index (χ4n) is 1.17. The molecular weight excluding hydrogens is 200 g/mol. The summed E-state index contributed by atoms with van der Waals surface area (Å²) in [5.74, 6) is 6.33. The number of nitrogens with two attached hydrogens (primary N) is 2. The minimum atomic E-state index is 0.155. The smallest absolute Gasteiger partial charge is 0.221 e. The van der Waals surface area contributed by atoms with Crippen LogP contribution < -0.4 is 11.5 Å². The molecular formula is C12H10N4. The van der Waals surface area contributed by atoms with Gasteiger partial charge in [-0.25, -0.2) is 4.98 Å². The number of hydrogen-bond acceptors (Lipinski definition) is 4. The molecule has 0 fully saturated rings. The van der Waals surface area contributed by atoms with Crippen molar-refractivity contribution in [2.24, 2.45) is 0 Å². The standard InChI is InChI=1S/C12H10N4/c13-11-10(8-15-12(14)16-11)7-6-9-4-2-1-3-5-9/h1-5,8H,(H4,13,14,15,16). The Balaban J connectivity index is 2.31. The van der Waals surface area contributed by atoms with Crippen molar-refractivity contribution >= 4 is 11.8 Å². The third kappa shape index (κ3) is 2.28. The molecule has 0 saturated heterocycles. The zero-order valence-electron chi connectivity index (χ0n) is 8.51. The summed E-state index contributed by atoms with van der Waals surface area (Å²) in [6.45, 7) is 0. The lowest BCUT2D eigenvalue weighted by Gasteiger charge is -1.96. The van der Waals surface area contributed by atoms with Crippen molar-refractivity contribution in [2.75, 3.05) is 11.5 Å². The summed E-state index contributed by atoms with van der Waals surface area (Å²) in [6.07, 6.45) is 1.52. The largest absolute Gasteiger partial charge is 0.382 e. The van der Waals surface area contributed by atoms with E-state index in [1.165, 1.54) is 6.20 Å². The molecule has 0 spiro atoms. The van der Waals surface area contributed by atoms with Gasteiger partial charge in [0.1, 0.15) is 5.82 Å². The monoisotopic (exact) mass is 210 g/mol. The molecule has 4 heteroatoms. The van der Waals surface area contributed by atoms with Crippen LogP contribution in [0.15, 0.2) is 36.5 Å². The molecule has 4 nitrogen and oxygen atoms in total. The summed E-state index contributed by atoms with van der Waals surface area (Å²) < 4.78 is 0. The first-order valence-corrected chi connectivity index (χ1v) is 4.71. The van der Waals surface area contributed by atoms with Crippen LogP contribution in [0.25, 0.3) is 0 Å². The van der Waals surface area contributed by atoms with E-state index in [-0.39, 0.29) is 5.95 Å². The van der Waals surface area contributed by atoms with E-state index in [1.54, 1.807) is 0 Å². The van der Waals surface area contributed by atoms with Crippen molar-refractivity contribution in [1.82, 2.24) is 9.97 Å². The summed E-state index contributed by atoms with van der Waals surface area (Å²) >= 11 is 0. The first-order chi connectivity index (χ1) is 7.75. The van der Waals surface area contributed by atoms with E-state index >= 15 is 0 Å². The second-order valence-electron chi connectivity index (χ2n) is 3.14. The van der Waals surface area contributed by atoms with Crippen LogP contribution in [0.5, 0.6) is 0 Å². The van der Waals surface area contributed by atoms with E-state index in [0.29, 0.717) is 11.4 Å². The SMILES string of the molecule is Nc1ncc(C#Cc2ccccc2)c(N)n1. The molecule has 1 aromatic carbocycles. The molecule has 2 aromatic rings. The maximum absolute atomic E-state index is 5.65. The Bertz CT molecular complexity index is 552. The van der Waals surface area contributed by atoms with E-state index in [0.717, 1.165) is 5.56 Å². The summed E-state index contributed by atoms with van der Waals surface area (Å²) in [4.78, 5) is 7.66. The number of rotatable bonds is 0. The summed E-state index contributed by atoms with van der Waals surface area (Å²) in [5.41, 5.74) is 12.5. The Morgan fingerprint density at radius 2 is 1.75 bits per heavy atom. The Morgan fingerprint density at radius 3 is 2.44 bits per heavy atom. The van der Waals surface area contributed by atoms with Crippen LogP contribution in [0.3, 0.4) is 0 Å².